The number of likely N-dealkylation sites (tertiary alicyclic amines) is 2. The van der Waals surface area contributed by atoms with Crippen LogP contribution in [0.5, 0.6) is 0 Å². The lowest BCUT2D eigenvalue weighted by molar-refractivity contribution is 0.0208. The Morgan fingerprint density at radius 3 is 2.76 bits per heavy atom. The normalized spacial score (nSPS) is 27.7. The standard InChI is InChI=1S/C17H28N2O2/c1-15-5-6-16(21-15)13-18-9-3-7-17(14-18)8-4-10-19(17)11-12-20-2/h5-6H,3-4,7-14H2,1-2H3/t17-/m1/s1. The summed E-state index contributed by atoms with van der Waals surface area (Å²) in [5.74, 6) is 2.12. The smallest absolute Gasteiger partial charge is 0.118 e. The largest absolute Gasteiger partial charge is 0.465 e. The summed E-state index contributed by atoms with van der Waals surface area (Å²) in [5.41, 5.74) is 0.387. The molecule has 2 aliphatic rings. The quantitative estimate of drug-likeness (QED) is 0.834. The molecule has 2 fully saturated rings. The van der Waals surface area contributed by atoms with Crippen LogP contribution in [0.2, 0.25) is 0 Å². The molecule has 0 aliphatic carbocycles. The van der Waals surface area contributed by atoms with Crippen LogP contribution in [0.3, 0.4) is 0 Å². The molecule has 118 valence electrons. The summed E-state index contributed by atoms with van der Waals surface area (Å²) in [6, 6.07) is 4.18. The number of methoxy groups -OCH3 is 1. The SMILES string of the molecule is COCCN1CCC[C@@]12CCCN(Cc1ccc(C)o1)C2. The highest BCUT2D eigenvalue weighted by atomic mass is 16.5. The Labute approximate surface area is 128 Å². The highest BCUT2D eigenvalue weighted by Crippen LogP contribution is 2.37. The molecule has 0 N–H and O–H groups in total. The Bertz CT molecular complexity index is 459. The molecule has 0 saturated carbocycles. The Morgan fingerprint density at radius 2 is 2.05 bits per heavy atom. The highest BCUT2D eigenvalue weighted by Gasteiger charge is 2.43. The first-order chi connectivity index (χ1) is 10.2. The van der Waals surface area contributed by atoms with Crippen molar-refractivity contribution in [1.29, 1.82) is 0 Å². The van der Waals surface area contributed by atoms with Gasteiger partial charge in [0.15, 0.2) is 0 Å². The van der Waals surface area contributed by atoms with E-state index in [2.05, 4.69) is 21.9 Å². The first-order valence-electron chi connectivity index (χ1n) is 8.23. The number of nitrogens with zero attached hydrogens (tertiary/aromatic N) is 2. The number of rotatable bonds is 5. The average molecular weight is 292 g/mol. The van der Waals surface area contributed by atoms with Gasteiger partial charge < -0.3 is 9.15 Å². The Balaban J connectivity index is 1.64. The fraction of sp³-hybridized carbons (Fsp3) is 0.765. The molecule has 4 nitrogen and oxygen atoms in total. The molecule has 1 spiro atoms. The first-order valence-corrected chi connectivity index (χ1v) is 8.23. The third kappa shape index (κ3) is 3.33. The van der Waals surface area contributed by atoms with E-state index in [1.807, 2.05) is 6.92 Å². The molecular weight excluding hydrogens is 264 g/mol. The predicted molar refractivity (Wildman–Crippen MR) is 83.4 cm³/mol. The van der Waals surface area contributed by atoms with Crippen LogP contribution in [0.4, 0.5) is 0 Å². The van der Waals surface area contributed by atoms with Crippen LogP contribution in [-0.4, -0.2) is 55.2 Å². The van der Waals surface area contributed by atoms with E-state index < -0.39 is 0 Å². The Hall–Kier alpha value is -0.840. The average Bonchev–Trinajstić information content (AvgIpc) is 3.04. The van der Waals surface area contributed by atoms with Gasteiger partial charge in [-0.15, -0.1) is 0 Å². The molecule has 0 bridgehead atoms. The van der Waals surface area contributed by atoms with Crippen LogP contribution in [0.1, 0.15) is 37.2 Å². The molecule has 2 saturated heterocycles. The van der Waals surface area contributed by atoms with Gasteiger partial charge in [0.1, 0.15) is 11.5 Å². The monoisotopic (exact) mass is 292 g/mol. The molecule has 2 aliphatic heterocycles. The summed E-state index contributed by atoms with van der Waals surface area (Å²) >= 11 is 0. The fourth-order valence-electron chi connectivity index (χ4n) is 4.14. The number of furan rings is 1. The van der Waals surface area contributed by atoms with Crippen molar-refractivity contribution in [2.75, 3.05) is 39.9 Å². The second-order valence-corrected chi connectivity index (χ2v) is 6.63. The van der Waals surface area contributed by atoms with E-state index in [-0.39, 0.29) is 0 Å². The number of hydrogen-bond acceptors (Lipinski definition) is 4. The van der Waals surface area contributed by atoms with E-state index in [1.165, 1.54) is 45.3 Å². The minimum absolute atomic E-state index is 0.387. The first kappa shape index (κ1) is 15.1. The predicted octanol–water partition coefficient (Wildman–Crippen LogP) is 2.66. The number of aryl methyl sites for hydroxylation is 1. The zero-order chi connectivity index (χ0) is 14.7. The molecule has 1 aromatic heterocycles. The number of piperidine rings is 1. The van der Waals surface area contributed by atoms with E-state index in [0.717, 1.165) is 31.2 Å². The molecule has 1 atom stereocenters. The molecule has 0 radical (unpaired) electrons. The molecule has 3 rings (SSSR count). The Morgan fingerprint density at radius 1 is 1.24 bits per heavy atom. The van der Waals surface area contributed by atoms with Crippen LogP contribution in [-0.2, 0) is 11.3 Å². The summed E-state index contributed by atoms with van der Waals surface area (Å²) in [4.78, 5) is 5.25. The maximum absolute atomic E-state index is 5.75. The summed E-state index contributed by atoms with van der Waals surface area (Å²) in [7, 11) is 1.80. The van der Waals surface area contributed by atoms with Crippen molar-refractivity contribution in [3.8, 4) is 0 Å². The maximum atomic E-state index is 5.75. The van der Waals surface area contributed by atoms with Gasteiger partial charge in [-0.05, 0) is 57.8 Å². The van der Waals surface area contributed by atoms with E-state index >= 15 is 0 Å². The van der Waals surface area contributed by atoms with Gasteiger partial charge >= 0.3 is 0 Å². The van der Waals surface area contributed by atoms with Crippen molar-refractivity contribution in [2.24, 2.45) is 0 Å². The second-order valence-electron chi connectivity index (χ2n) is 6.63. The van der Waals surface area contributed by atoms with Gasteiger partial charge in [-0.2, -0.15) is 0 Å². The Kier molecular flexibility index (Phi) is 4.67. The van der Waals surface area contributed by atoms with E-state index in [9.17, 15) is 0 Å². The third-order valence-electron chi connectivity index (χ3n) is 5.12. The molecule has 4 heteroatoms. The van der Waals surface area contributed by atoms with Crippen molar-refractivity contribution in [2.45, 2.75) is 44.7 Å². The van der Waals surface area contributed by atoms with Crippen LogP contribution in [0.15, 0.2) is 16.5 Å². The molecule has 3 heterocycles. The second kappa shape index (κ2) is 6.51. The maximum Gasteiger partial charge on any atom is 0.118 e. The van der Waals surface area contributed by atoms with Crippen molar-refractivity contribution < 1.29 is 9.15 Å². The molecular formula is C17H28N2O2. The molecule has 0 amide bonds. The van der Waals surface area contributed by atoms with Crippen molar-refractivity contribution in [3.05, 3.63) is 23.7 Å². The van der Waals surface area contributed by atoms with Crippen molar-refractivity contribution >= 4 is 0 Å². The lowest BCUT2D eigenvalue weighted by Gasteiger charge is -2.46. The highest BCUT2D eigenvalue weighted by molar-refractivity contribution is 5.07. The van der Waals surface area contributed by atoms with Gasteiger partial charge in [0.2, 0.25) is 0 Å². The number of ether oxygens (including phenoxy) is 1. The van der Waals surface area contributed by atoms with Crippen LogP contribution < -0.4 is 0 Å². The number of hydrogen-bond donors (Lipinski definition) is 0. The minimum Gasteiger partial charge on any atom is -0.465 e. The molecule has 0 unspecified atom stereocenters. The topological polar surface area (TPSA) is 28.9 Å². The van der Waals surface area contributed by atoms with Gasteiger partial charge in [0, 0.05) is 25.7 Å². The molecule has 1 aromatic rings. The summed E-state index contributed by atoms with van der Waals surface area (Å²) < 4.78 is 11.0. The van der Waals surface area contributed by atoms with Crippen molar-refractivity contribution in [3.63, 3.8) is 0 Å². The summed E-state index contributed by atoms with van der Waals surface area (Å²) in [6.07, 6.45) is 5.30. The van der Waals surface area contributed by atoms with Gasteiger partial charge in [-0.3, -0.25) is 9.80 Å². The van der Waals surface area contributed by atoms with Crippen LogP contribution in [0.25, 0.3) is 0 Å². The van der Waals surface area contributed by atoms with E-state index in [4.69, 9.17) is 9.15 Å². The fourth-order valence-corrected chi connectivity index (χ4v) is 4.14. The zero-order valence-corrected chi connectivity index (χ0v) is 13.4. The lowest BCUT2D eigenvalue weighted by atomic mass is 9.86. The third-order valence-corrected chi connectivity index (χ3v) is 5.12. The van der Waals surface area contributed by atoms with Gasteiger partial charge in [-0.25, -0.2) is 0 Å². The lowest BCUT2D eigenvalue weighted by Crippen LogP contribution is -2.55. The summed E-state index contributed by atoms with van der Waals surface area (Å²) in [6.45, 7) is 8.49. The van der Waals surface area contributed by atoms with Gasteiger partial charge in [0.25, 0.3) is 0 Å². The summed E-state index contributed by atoms with van der Waals surface area (Å²) in [5, 5.41) is 0. The van der Waals surface area contributed by atoms with E-state index in [1.54, 1.807) is 7.11 Å². The van der Waals surface area contributed by atoms with E-state index in [0.29, 0.717) is 5.54 Å². The van der Waals surface area contributed by atoms with Crippen molar-refractivity contribution in [1.82, 2.24) is 9.80 Å². The van der Waals surface area contributed by atoms with Gasteiger partial charge in [0.05, 0.1) is 13.2 Å². The van der Waals surface area contributed by atoms with Gasteiger partial charge in [-0.1, -0.05) is 0 Å². The molecule has 21 heavy (non-hydrogen) atoms. The molecule has 0 aromatic carbocycles. The zero-order valence-electron chi connectivity index (χ0n) is 13.4. The minimum atomic E-state index is 0.387. The van der Waals surface area contributed by atoms with Crippen LogP contribution in [0, 0.1) is 6.92 Å². The van der Waals surface area contributed by atoms with Crippen LogP contribution >= 0.6 is 0 Å².